The van der Waals surface area contributed by atoms with Gasteiger partial charge in [-0.2, -0.15) is 0 Å². The van der Waals surface area contributed by atoms with Crippen LogP contribution in [0.2, 0.25) is 0 Å². The molecule has 16 heavy (non-hydrogen) atoms. The number of hydrogen-bond donors (Lipinski definition) is 0. The summed E-state index contributed by atoms with van der Waals surface area (Å²) in [5, 5.41) is 2.22. The van der Waals surface area contributed by atoms with Gasteiger partial charge in [0, 0.05) is 11.9 Å². The van der Waals surface area contributed by atoms with Gasteiger partial charge in [0.2, 0.25) is 6.41 Å². The Hall–Kier alpha value is -2.09. The fourth-order valence-corrected chi connectivity index (χ4v) is 1.80. The lowest BCUT2D eigenvalue weighted by atomic mass is 10.1. The van der Waals surface area contributed by atoms with Crippen molar-refractivity contribution in [1.29, 1.82) is 0 Å². The Labute approximate surface area is 94.8 Å². The highest BCUT2D eigenvalue weighted by Gasteiger charge is 2.06. The first-order chi connectivity index (χ1) is 7.86. The van der Waals surface area contributed by atoms with Crippen LogP contribution >= 0.6 is 0 Å². The summed E-state index contributed by atoms with van der Waals surface area (Å²) in [6.07, 6.45) is 2.56. The Kier molecular flexibility index (Phi) is 3.01. The molecule has 0 unspecified atom stereocenters. The Morgan fingerprint density at radius 3 is 2.62 bits per heavy atom. The molecule has 0 fully saturated rings. The van der Waals surface area contributed by atoms with Gasteiger partial charge in [0.1, 0.15) is 0 Å². The zero-order valence-electron chi connectivity index (χ0n) is 8.97. The van der Waals surface area contributed by atoms with Crippen LogP contribution in [-0.2, 0) is 4.79 Å². The predicted molar refractivity (Wildman–Crippen MR) is 67.6 cm³/mol. The summed E-state index contributed by atoms with van der Waals surface area (Å²) < 4.78 is 0. The maximum atomic E-state index is 11.0. The van der Waals surface area contributed by atoms with Gasteiger partial charge in [0.25, 0.3) is 0 Å². The Morgan fingerprint density at radius 1 is 1.12 bits per heavy atom. The number of hydrogen-bond acceptors (Lipinski definition) is 1. The smallest absolute Gasteiger partial charge is 0.214 e. The lowest BCUT2D eigenvalue weighted by molar-refractivity contribution is -0.107. The molecule has 2 aromatic rings. The van der Waals surface area contributed by atoms with Crippen molar-refractivity contribution in [2.24, 2.45) is 0 Å². The topological polar surface area (TPSA) is 20.3 Å². The number of fused-ring (bicyclic) bond motifs is 1. The number of carbonyl (C=O) groups is 1. The van der Waals surface area contributed by atoms with Gasteiger partial charge in [-0.3, -0.25) is 4.79 Å². The summed E-state index contributed by atoms with van der Waals surface area (Å²) in [6.45, 7) is 4.18. The molecule has 0 aliphatic rings. The average Bonchev–Trinajstić information content (AvgIpc) is 2.35. The molecule has 0 saturated heterocycles. The van der Waals surface area contributed by atoms with E-state index in [0.717, 1.165) is 22.9 Å². The molecular weight excluding hydrogens is 198 g/mol. The van der Waals surface area contributed by atoms with Crippen molar-refractivity contribution < 1.29 is 4.79 Å². The molecule has 0 aliphatic heterocycles. The molecule has 0 saturated carbocycles. The van der Waals surface area contributed by atoms with E-state index in [-0.39, 0.29) is 0 Å². The van der Waals surface area contributed by atoms with Crippen molar-refractivity contribution in [2.45, 2.75) is 0 Å². The van der Waals surface area contributed by atoms with Crippen LogP contribution in [0.15, 0.2) is 55.1 Å². The van der Waals surface area contributed by atoms with Gasteiger partial charge in [0.05, 0.1) is 5.69 Å². The average molecular weight is 211 g/mol. The van der Waals surface area contributed by atoms with Crippen molar-refractivity contribution >= 4 is 22.9 Å². The van der Waals surface area contributed by atoms with Crippen molar-refractivity contribution in [3.05, 3.63) is 55.1 Å². The summed E-state index contributed by atoms with van der Waals surface area (Å²) in [7, 11) is 0. The first kappa shape index (κ1) is 10.4. The Morgan fingerprint density at radius 2 is 1.88 bits per heavy atom. The first-order valence-corrected chi connectivity index (χ1v) is 5.17. The quantitative estimate of drug-likeness (QED) is 0.562. The number of anilines is 1. The van der Waals surface area contributed by atoms with Crippen LogP contribution in [0.25, 0.3) is 10.8 Å². The minimum atomic E-state index is 0.525. The molecule has 80 valence electrons. The second kappa shape index (κ2) is 4.62. The predicted octanol–water partition coefficient (Wildman–Crippen LogP) is 2.99. The maximum absolute atomic E-state index is 11.0. The maximum Gasteiger partial charge on any atom is 0.214 e. The normalized spacial score (nSPS) is 10.0. The van der Waals surface area contributed by atoms with Gasteiger partial charge in [-0.1, -0.05) is 42.5 Å². The van der Waals surface area contributed by atoms with Crippen LogP contribution in [0.1, 0.15) is 0 Å². The SMILES string of the molecule is C=CCN(C=O)c1cccc2ccccc12. The Balaban J connectivity index is 2.58. The van der Waals surface area contributed by atoms with Gasteiger partial charge in [-0.15, -0.1) is 6.58 Å². The van der Waals surface area contributed by atoms with E-state index in [4.69, 9.17) is 0 Å². The number of benzene rings is 2. The molecule has 1 amide bonds. The van der Waals surface area contributed by atoms with E-state index in [9.17, 15) is 4.79 Å². The molecule has 0 heterocycles. The van der Waals surface area contributed by atoms with Crippen LogP contribution < -0.4 is 4.90 Å². The lowest BCUT2D eigenvalue weighted by Gasteiger charge is -2.17. The zero-order chi connectivity index (χ0) is 11.4. The van der Waals surface area contributed by atoms with Crippen molar-refractivity contribution in [2.75, 3.05) is 11.4 Å². The van der Waals surface area contributed by atoms with Gasteiger partial charge < -0.3 is 4.90 Å². The molecule has 0 aliphatic carbocycles. The summed E-state index contributed by atoms with van der Waals surface area (Å²) in [4.78, 5) is 12.7. The van der Waals surface area contributed by atoms with Gasteiger partial charge in [-0.25, -0.2) is 0 Å². The van der Waals surface area contributed by atoms with Crippen molar-refractivity contribution in [3.63, 3.8) is 0 Å². The summed E-state index contributed by atoms with van der Waals surface area (Å²) in [5.41, 5.74) is 0.924. The van der Waals surface area contributed by atoms with Crippen LogP contribution in [-0.4, -0.2) is 13.0 Å². The van der Waals surface area contributed by atoms with Gasteiger partial charge >= 0.3 is 0 Å². The number of amides is 1. The molecule has 2 rings (SSSR count). The fourth-order valence-electron chi connectivity index (χ4n) is 1.80. The number of rotatable bonds is 4. The van der Waals surface area contributed by atoms with E-state index in [1.54, 1.807) is 11.0 Å². The van der Waals surface area contributed by atoms with E-state index in [0.29, 0.717) is 6.54 Å². The van der Waals surface area contributed by atoms with Crippen molar-refractivity contribution in [1.82, 2.24) is 0 Å². The van der Waals surface area contributed by atoms with Crippen LogP contribution in [0, 0.1) is 0 Å². The standard InChI is InChI=1S/C14H13NO/c1-2-10-15(11-16)14-9-5-7-12-6-3-4-8-13(12)14/h2-9,11H,1,10H2. The molecule has 0 aromatic heterocycles. The second-order valence-corrected chi connectivity index (χ2v) is 3.54. The van der Waals surface area contributed by atoms with E-state index < -0.39 is 0 Å². The molecule has 0 N–H and O–H groups in total. The van der Waals surface area contributed by atoms with E-state index in [2.05, 4.69) is 6.58 Å². The number of nitrogens with zero attached hydrogens (tertiary/aromatic N) is 1. The highest BCUT2D eigenvalue weighted by molar-refractivity contribution is 5.98. The second-order valence-electron chi connectivity index (χ2n) is 3.54. The van der Waals surface area contributed by atoms with Crippen LogP contribution in [0.5, 0.6) is 0 Å². The highest BCUT2D eigenvalue weighted by Crippen LogP contribution is 2.25. The van der Waals surface area contributed by atoms with Gasteiger partial charge in [0.15, 0.2) is 0 Å². The molecule has 0 atom stereocenters. The summed E-state index contributed by atoms with van der Waals surface area (Å²) in [6, 6.07) is 14.0. The van der Waals surface area contributed by atoms with Crippen LogP contribution in [0.3, 0.4) is 0 Å². The van der Waals surface area contributed by atoms with E-state index >= 15 is 0 Å². The molecule has 2 nitrogen and oxygen atoms in total. The number of carbonyl (C=O) groups excluding carboxylic acids is 1. The largest absolute Gasteiger partial charge is 0.311 e. The minimum absolute atomic E-state index is 0.525. The fraction of sp³-hybridized carbons (Fsp3) is 0.0714. The first-order valence-electron chi connectivity index (χ1n) is 5.17. The summed E-state index contributed by atoms with van der Waals surface area (Å²) in [5.74, 6) is 0. The van der Waals surface area contributed by atoms with E-state index in [1.165, 1.54) is 0 Å². The molecule has 0 bridgehead atoms. The lowest BCUT2D eigenvalue weighted by Crippen LogP contribution is -2.20. The molecule has 0 spiro atoms. The van der Waals surface area contributed by atoms with Crippen molar-refractivity contribution in [3.8, 4) is 0 Å². The molecule has 2 aromatic carbocycles. The summed E-state index contributed by atoms with van der Waals surface area (Å²) >= 11 is 0. The third-order valence-corrected chi connectivity index (χ3v) is 2.53. The molecular formula is C14H13NO. The monoisotopic (exact) mass is 211 g/mol. The third kappa shape index (κ3) is 1.82. The zero-order valence-corrected chi connectivity index (χ0v) is 8.97. The van der Waals surface area contributed by atoms with Crippen LogP contribution in [0.4, 0.5) is 5.69 Å². The van der Waals surface area contributed by atoms with E-state index in [1.807, 2.05) is 42.5 Å². The minimum Gasteiger partial charge on any atom is -0.311 e. The molecule has 2 heteroatoms. The Bertz CT molecular complexity index is 514. The van der Waals surface area contributed by atoms with Gasteiger partial charge in [-0.05, 0) is 11.5 Å². The highest BCUT2D eigenvalue weighted by atomic mass is 16.1. The molecule has 0 radical (unpaired) electrons. The third-order valence-electron chi connectivity index (χ3n) is 2.53.